The van der Waals surface area contributed by atoms with Gasteiger partial charge in [-0.25, -0.2) is 0 Å². The van der Waals surface area contributed by atoms with Crippen molar-refractivity contribution in [2.75, 3.05) is 13.6 Å². The van der Waals surface area contributed by atoms with E-state index in [-0.39, 0.29) is 6.04 Å². The fraction of sp³-hybridized carbons (Fsp3) is 0.889. The number of rotatable bonds is 4. The maximum atomic E-state index is 12.1. The van der Waals surface area contributed by atoms with Crippen LogP contribution in [0.5, 0.6) is 0 Å². The lowest BCUT2D eigenvalue weighted by Crippen LogP contribution is -2.49. The SMILES string of the molecule is CC(C(=O)O)N(C)S(=O)(=O)N1CCCC1C. The summed E-state index contributed by atoms with van der Waals surface area (Å²) in [5.74, 6) is -1.14. The maximum absolute atomic E-state index is 12.1. The van der Waals surface area contributed by atoms with Crippen LogP contribution in [0.15, 0.2) is 0 Å². The molecule has 0 saturated carbocycles. The van der Waals surface area contributed by atoms with Gasteiger partial charge in [0.05, 0.1) is 0 Å². The van der Waals surface area contributed by atoms with Crippen LogP contribution in [0, 0.1) is 0 Å². The molecule has 7 heteroatoms. The van der Waals surface area contributed by atoms with Gasteiger partial charge in [-0.05, 0) is 26.7 Å². The van der Waals surface area contributed by atoms with E-state index in [1.165, 1.54) is 18.3 Å². The summed E-state index contributed by atoms with van der Waals surface area (Å²) in [6.07, 6.45) is 1.66. The summed E-state index contributed by atoms with van der Waals surface area (Å²) < 4.78 is 26.4. The number of carbonyl (C=O) groups is 1. The molecule has 0 amide bonds. The first kappa shape index (κ1) is 13.4. The molecule has 1 saturated heterocycles. The molecule has 1 fully saturated rings. The molecule has 0 aromatic heterocycles. The highest BCUT2D eigenvalue weighted by molar-refractivity contribution is 7.86. The maximum Gasteiger partial charge on any atom is 0.321 e. The number of carboxylic acids is 1. The fourth-order valence-corrected chi connectivity index (χ4v) is 3.51. The summed E-state index contributed by atoms with van der Waals surface area (Å²) in [5.41, 5.74) is 0. The molecule has 1 aliphatic rings. The molecule has 0 bridgehead atoms. The van der Waals surface area contributed by atoms with Crippen LogP contribution in [0.1, 0.15) is 26.7 Å². The van der Waals surface area contributed by atoms with E-state index in [0.717, 1.165) is 17.1 Å². The molecule has 0 aromatic carbocycles. The predicted molar refractivity (Wildman–Crippen MR) is 59.2 cm³/mol. The Bertz CT molecular complexity index is 368. The highest BCUT2D eigenvalue weighted by atomic mass is 32.2. The first-order valence-electron chi connectivity index (χ1n) is 5.26. The van der Waals surface area contributed by atoms with E-state index < -0.39 is 22.2 Å². The van der Waals surface area contributed by atoms with Crippen LogP contribution >= 0.6 is 0 Å². The molecule has 6 nitrogen and oxygen atoms in total. The van der Waals surface area contributed by atoms with Crippen LogP contribution in [0.4, 0.5) is 0 Å². The molecular formula is C9H18N2O4S. The fourth-order valence-electron chi connectivity index (χ4n) is 1.77. The summed E-state index contributed by atoms with van der Waals surface area (Å²) in [6, 6.07) is -1.09. The molecule has 1 N–H and O–H groups in total. The van der Waals surface area contributed by atoms with Gasteiger partial charge in [0.2, 0.25) is 0 Å². The smallest absolute Gasteiger partial charge is 0.321 e. The third-order valence-corrected chi connectivity index (χ3v) is 5.23. The molecule has 2 atom stereocenters. The van der Waals surface area contributed by atoms with Gasteiger partial charge in [-0.1, -0.05) is 0 Å². The van der Waals surface area contributed by atoms with Crippen molar-refractivity contribution in [1.82, 2.24) is 8.61 Å². The molecule has 0 aromatic rings. The monoisotopic (exact) mass is 250 g/mol. The Labute approximate surface area is 96.0 Å². The normalized spacial score (nSPS) is 24.9. The lowest BCUT2D eigenvalue weighted by Gasteiger charge is -2.29. The van der Waals surface area contributed by atoms with Crippen LogP contribution in [-0.2, 0) is 15.0 Å². The van der Waals surface area contributed by atoms with E-state index in [4.69, 9.17) is 5.11 Å². The summed E-state index contributed by atoms with van der Waals surface area (Å²) >= 11 is 0. The van der Waals surface area contributed by atoms with E-state index in [1.807, 2.05) is 6.92 Å². The van der Waals surface area contributed by atoms with Crippen molar-refractivity contribution in [1.29, 1.82) is 0 Å². The molecule has 1 heterocycles. The first-order valence-corrected chi connectivity index (χ1v) is 6.65. The lowest BCUT2D eigenvalue weighted by atomic mass is 10.3. The topological polar surface area (TPSA) is 77.9 Å². The van der Waals surface area contributed by atoms with E-state index in [9.17, 15) is 13.2 Å². The van der Waals surface area contributed by atoms with E-state index >= 15 is 0 Å². The Kier molecular flexibility index (Phi) is 3.92. The van der Waals surface area contributed by atoms with Gasteiger partial charge in [0, 0.05) is 19.6 Å². The third kappa shape index (κ3) is 2.36. The van der Waals surface area contributed by atoms with Crippen molar-refractivity contribution in [2.45, 2.75) is 38.8 Å². The summed E-state index contributed by atoms with van der Waals surface area (Å²) in [4.78, 5) is 10.8. The molecule has 94 valence electrons. The molecule has 16 heavy (non-hydrogen) atoms. The van der Waals surface area contributed by atoms with E-state index in [2.05, 4.69) is 0 Å². The quantitative estimate of drug-likeness (QED) is 0.768. The lowest BCUT2D eigenvalue weighted by molar-refractivity contribution is -0.140. The van der Waals surface area contributed by atoms with Crippen LogP contribution in [0.25, 0.3) is 0 Å². The van der Waals surface area contributed by atoms with Crippen molar-refractivity contribution in [3.05, 3.63) is 0 Å². The summed E-state index contributed by atoms with van der Waals surface area (Å²) in [6.45, 7) is 3.67. The van der Waals surface area contributed by atoms with Crippen molar-refractivity contribution in [3.8, 4) is 0 Å². The van der Waals surface area contributed by atoms with Gasteiger partial charge in [-0.3, -0.25) is 4.79 Å². The average molecular weight is 250 g/mol. The second-order valence-corrected chi connectivity index (χ2v) is 6.08. The molecule has 1 rings (SSSR count). The van der Waals surface area contributed by atoms with Crippen LogP contribution in [0.3, 0.4) is 0 Å². The first-order chi connectivity index (χ1) is 7.28. The zero-order valence-electron chi connectivity index (χ0n) is 9.75. The molecule has 0 spiro atoms. The number of likely N-dealkylation sites (N-methyl/N-ethyl adjacent to an activating group) is 1. The van der Waals surface area contributed by atoms with Gasteiger partial charge in [0.1, 0.15) is 6.04 Å². The Morgan fingerprint density at radius 3 is 2.50 bits per heavy atom. The summed E-state index contributed by atoms with van der Waals surface area (Å²) in [7, 11) is -2.34. The van der Waals surface area contributed by atoms with Gasteiger partial charge in [-0.15, -0.1) is 0 Å². The number of carboxylic acid groups (broad SMARTS) is 1. The van der Waals surface area contributed by atoms with Crippen molar-refractivity contribution < 1.29 is 18.3 Å². The number of hydrogen-bond acceptors (Lipinski definition) is 3. The van der Waals surface area contributed by atoms with Crippen LogP contribution < -0.4 is 0 Å². The van der Waals surface area contributed by atoms with Gasteiger partial charge < -0.3 is 5.11 Å². The second-order valence-electron chi connectivity index (χ2n) is 4.14. The zero-order chi connectivity index (χ0) is 12.5. The molecule has 0 radical (unpaired) electrons. The van der Waals surface area contributed by atoms with Crippen LogP contribution in [-0.4, -0.2) is 53.8 Å². The Morgan fingerprint density at radius 2 is 2.12 bits per heavy atom. The summed E-state index contributed by atoms with van der Waals surface area (Å²) in [5, 5.41) is 8.80. The van der Waals surface area contributed by atoms with Gasteiger partial charge >= 0.3 is 5.97 Å². The zero-order valence-corrected chi connectivity index (χ0v) is 10.6. The molecule has 0 aliphatic carbocycles. The van der Waals surface area contributed by atoms with Gasteiger partial charge in [0.25, 0.3) is 10.2 Å². The largest absolute Gasteiger partial charge is 0.480 e. The third-order valence-electron chi connectivity index (χ3n) is 3.06. The minimum Gasteiger partial charge on any atom is -0.480 e. The van der Waals surface area contributed by atoms with E-state index in [1.54, 1.807) is 0 Å². The van der Waals surface area contributed by atoms with Crippen LogP contribution in [0.2, 0.25) is 0 Å². The average Bonchev–Trinajstić information content (AvgIpc) is 2.62. The van der Waals surface area contributed by atoms with Crippen molar-refractivity contribution in [2.24, 2.45) is 0 Å². The highest BCUT2D eigenvalue weighted by Crippen LogP contribution is 2.23. The number of hydrogen-bond donors (Lipinski definition) is 1. The second kappa shape index (κ2) is 4.68. The van der Waals surface area contributed by atoms with Crippen molar-refractivity contribution >= 4 is 16.2 Å². The van der Waals surface area contributed by atoms with Gasteiger partial charge in [0.15, 0.2) is 0 Å². The molecule has 1 aliphatic heterocycles. The molecular weight excluding hydrogens is 232 g/mol. The van der Waals surface area contributed by atoms with E-state index in [0.29, 0.717) is 6.54 Å². The Balaban J connectivity index is 2.89. The minimum absolute atomic E-state index is 0.0477. The number of aliphatic carboxylic acids is 1. The number of nitrogens with zero attached hydrogens (tertiary/aromatic N) is 2. The Hall–Kier alpha value is -0.660. The van der Waals surface area contributed by atoms with Gasteiger partial charge in [-0.2, -0.15) is 17.0 Å². The van der Waals surface area contributed by atoms with Crippen molar-refractivity contribution in [3.63, 3.8) is 0 Å². The molecule has 2 unspecified atom stereocenters. The highest BCUT2D eigenvalue weighted by Gasteiger charge is 2.37. The predicted octanol–water partition coefficient (Wildman–Crippen LogP) is 0.120. The minimum atomic E-state index is -3.65. The Morgan fingerprint density at radius 1 is 1.56 bits per heavy atom. The standard InChI is InChI=1S/C9H18N2O4S/c1-7-5-4-6-11(7)16(14,15)10(3)8(2)9(12)13/h7-8H,4-6H2,1-3H3,(H,12,13).